The molecule has 0 aliphatic heterocycles. The van der Waals surface area contributed by atoms with Gasteiger partial charge in [-0.1, -0.05) is 55.0 Å². The molecule has 0 heterocycles. The van der Waals surface area contributed by atoms with Crippen molar-refractivity contribution in [3.8, 4) is 11.1 Å². The van der Waals surface area contributed by atoms with Crippen LogP contribution in [0.5, 0.6) is 0 Å². The molecule has 19 heavy (non-hydrogen) atoms. The molecule has 0 spiro atoms. The highest BCUT2D eigenvalue weighted by Crippen LogP contribution is 2.26. The van der Waals surface area contributed by atoms with E-state index in [0.717, 1.165) is 6.42 Å². The van der Waals surface area contributed by atoms with Crippen LogP contribution < -0.4 is 5.32 Å². The van der Waals surface area contributed by atoms with Crippen molar-refractivity contribution in [3.05, 3.63) is 59.2 Å². The topological polar surface area (TPSA) is 12.0 Å². The number of nitrogens with one attached hydrogen (secondary N) is 1. The molecule has 0 fully saturated rings. The molecule has 1 N–H and O–H groups in total. The first-order valence-electron chi connectivity index (χ1n) is 7.00. The normalized spacial score (nSPS) is 12.4. The summed E-state index contributed by atoms with van der Waals surface area (Å²) in [5.41, 5.74) is 6.65. The first kappa shape index (κ1) is 13.8. The molecule has 1 unspecified atom stereocenters. The number of hydrogen-bond acceptors (Lipinski definition) is 1. The highest BCUT2D eigenvalue weighted by Gasteiger charge is 2.07. The summed E-state index contributed by atoms with van der Waals surface area (Å²) in [5.74, 6) is 0. The average Bonchev–Trinajstić information content (AvgIpc) is 2.41. The van der Waals surface area contributed by atoms with Gasteiger partial charge in [-0.15, -0.1) is 0 Å². The molecule has 1 nitrogen and oxygen atoms in total. The van der Waals surface area contributed by atoms with Crippen LogP contribution in [0.2, 0.25) is 0 Å². The summed E-state index contributed by atoms with van der Waals surface area (Å²) >= 11 is 0. The molecule has 0 bridgehead atoms. The fourth-order valence-corrected chi connectivity index (χ4v) is 2.64. The van der Waals surface area contributed by atoms with E-state index in [1.807, 2.05) is 7.05 Å². The van der Waals surface area contributed by atoms with Crippen LogP contribution in [0.4, 0.5) is 0 Å². The van der Waals surface area contributed by atoms with E-state index >= 15 is 0 Å². The largest absolute Gasteiger partial charge is 0.313 e. The minimum Gasteiger partial charge on any atom is -0.313 e. The molecule has 0 saturated heterocycles. The minimum absolute atomic E-state index is 0.452. The van der Waals surface area contributed by atoms with Crippen molar-refractivity contribution in [2.45, 2.75) is 33.2 Å². The Kier molecular flexibility index (Phi) is 4.39. The molecule has 1 heteroatoms. The van der Waals surface area contributed by atoms with Crippen molar-refractivity contribution in [2.24, 2.45) is 0 Å². The van der Waals surface area contributed by atoms with Crippen molar-refractivity contribution >= 4 is 0 Å². The summed E-state index contributed by atoms with van der Waals surface area (Å²) in [7, 11) is 2.02. The van der Waals surface area contributed by atoms with Gasteiger partial charge >= 0.3 is 0 Å². The predicted octanol–water partition coefficient (Wildman–Crippen LogP) is 4.64. The fourth-order valence-electron chi connectivity index (χ4n) is 2.64. The Bertz CT molecular complexity index is 536. The van der Waals surface area contributed by atoms with Gasteiger partial charge in [0.1, 0.15) is 0 Å². The first-order valence-corrected chi connectivity index (χ1v) is 7.00. The van der Waals surface area contributed by atoms with Crippen LogP contribution >= 0.6 is 0 Å². The number of aryl methyl sites for hydroxylation is 2. The molecule has 0 aliphatic carbocycles. The lowest BCUT2D eigenvalue weighted by Crippen LogP contribution is -2.14. The summed E-state index contributed by atoms with van der Waals surface area (Å²) in [4.78, 5) is 0. The fraction of sp³-hybridized carbons (Fsp3) is 0.333. The van der Waals surface area contributed by atoms with E-state index in [1.54, 1.807) is 0 Å². The smallest absolute Gasteiger partial charge is 0.0314 e. The maximum Gasteiger partial charge on any atom is 0.0314 e. The first-order chi connectivity index (χ1) is 9.15. The van der Waals surface area contributed by atoms with E-state index in [0.29, 0.717) is 6.04 Å². The number of rotatable bonds is 4. The molecule has 0 amide bonds. The van der Waals surface area contributed by atoms with Crippen molar-refractivity contribution < 1.29 is 0 Å². The van der Waals surface area contributed by atoms with Crippen LogP contribution in [0.3, 0.4) is 0 Å². The maximum absolute atomic E-state index is 3.35. The number of benzene rings is 2. The van der Waals surface area contributed by atoms with E-state index in [-0.39, 0.29) is 0 Å². The van der Waals surface area contributed by atoms with E-state index < -0.39 is 0 Å². The van der Waals surface area contributed by atoms with Crippen LogP contribution in [0.25, 0.3) is 11.1 Å². The predicted molar refractivity (Wildman–Crippen MR) is 83.4 cm³/mol. The maximum atomic E-state index is 3.35. The highest BCUT2D eigenvalue weighted by atomic mass is 14.9. The van der Waals surface area contributed by atoms with Crippen molar-refractivity contribution in [1.82, 2.24) is 5.32 Å². The van der Waals surface area contributed by atoms with E-state index in [4.69, 9.17) is 0 Å². The third-order valence-corrected chi connectivity index (χ3v) is 3.76. The van der Waals surface area contributed by atoms with Crippen LogP contribution in [-0.2, 0) is 0 Å². The molecule has 0 radical (unpaired) electrons. The Morgan fingerprint density at radius 2 is 1.68 bits per heavy atom. The monoisotopic (exact) mass is 253 g/mol. The third kappa shape index (κ3) is 3.05. The molecule has 2 rings (SSSR count). The molecule has 1 atom stereocenters. The lowest BCUT2D eigenvalue weighted by Gasteiger charge is -2.15. The summed E-state index contributed by atoms with van der Waals surface area (Å²) in [6.45, 7) is 6.52. The van der Waals surface area contributed by atoms with Gasteiger partial charge in [0.25, 0.3) is 0 Å². The summed E-state index contributed by atoms with van der Waals surface area (Å²) < 4.78 is 0. The van der Waals surface area contributed by atoms with Crippen molar-refractivity contribution in [1.29, 1.82) is 0 Å². The van der Waals surface area contributed by atoms with Gasteiger partial charge in [0.15, 0.2) is 0 Å². The van der Waals surface area contributed by atoms with Crippen LogP contribution in [0.1, 0.15) is 36.1 Å². The zero-order valence-electron chi connectivity index (χ0n) is 12.3. The second-order valence-corrected chi connectivity index (χ2v) is 5.19. The Balaban J connectivity index is 2.32. The highest BCUT2D eigenvalue weighted by molar-refractivity contribution is 5.67. The zero-order valence-corrected chi connectivity index (χ0v) is 12.3. The quantitative estimate of drug-likeness (QED) is 0.837. The van der Waals surface area contributed by atoms with Gasteiger partial charge in [-0.3, -0.25) is 0 Å². The van der Waals surface area contributed by atoms with E-state index in [9.17, 15) is 0 Å². The molecule has 2 aromatic carbocycles. The Morgan fingerprint density at radius 3 is 2.21 bits per heavy atom. The van der Waals surface area contributed by atoms with Crippen LogP contribution in [0.15, 0.2) is 42.5 Å². The average molecular weight is 253 g/mol. The van der Waals surface area contributed by atoms with Gasteiger partial charge in [-0.05, 0) is 49.6 Å². The molecule has 100 valence electrons. The number of hydrogen-bond donors (Lipinski definition) is 1. The molecule has 2 aromatic rings. The second kappa shape index (κ2) is 6.03. The Morgan fingerprint density at radius 1 is 1.00 bits per heavy atom. The van der Waals surface area contributed by atoms with Crippen molar-refractivity contribution in [3.63, 3.8) is 0 Å². The summed E-state index contributed by atoms with van der Waals surface area (Å²) in [6, 6.07) is 16.0. The van der Waals surface area contributed by atoms with Crippen LogP contribution in [0, 0.1) is 13.8 Å². The van der Waals surface area contributed by atoms with E-state index in [2.05, 4.69) is 68.6 Å². The minimum atomic E-state index is 0.452. The van der Waals surface area contributed by atoms with Gasteiger partial charge in [-0.25, -0.2) is 0 Å². The second-order valence-electron chi connectivity index (χ2n) is 5.19. The van der Waals surface area contributed by atoms with Gasteiger partial charge in [0, 0.05) is 6.04 Å². The lowest BCUT2D eigenvalue weighted by molar-refractivity contribution is 0.577. The van der Waals surface area contributed by atoms with Gasteiger partial charge in [-0.2, -0.15) is 0 Å². The molecule has 0 aliphatic rings. The lowest BCUT2D eigenvalue weighted by atomic mass is 9.96. The Hall–Kier alpha value is -1.60. The molecule has 0 saturated carbocycles. The molecular formula is C18H23N. The summed E-state index contributed by atoms with van der Waals surface area (Å²) in [6.07, 6.45) is 1.11. The van der Waals surface area contributed by atoms with Crippen LogP contribution in [-0.4, -0.2) is 7.05 Å². The third-order valence-electron chi connectivity index (χ3n) is 3.76. The van der Waals surface area contributed by atoms with Gasteiger partial charge in [0.05, 0.1) is 0 Å². The van der Waals surface area contributed by atoms with Gasteiger partial charge in [0.2, 0.25) is 0 Å². The van der Waals surface area contributed by atoms with Gasteiger partial charge < -0.3 is 5.32 Å². The SMILES string of the molecule is CCC(NC)c1ccc(-c2ccc(C)cc2C)cc1. The Labute approximate surface area is 116 Å². The van der Waals surface area contributed by atoms with Crippen molar-refractivity contribution in [2.75, 3.05) is 7.05 Å². The molecule has 0 aromatic heterocycles. The standard InChI is InChI=1S/C18H23N/c1-5-18(19-4)16-9-7-15(8-10-16)17-11-6-13(2)12-14(17)3/h6-12,18-19H,5H2,1-4H3. The molecular weight excluding hydrogens is 230 g/mol. The zero-order chi connectivity index (χ0) is 13.8. The van der Waals surface area contributed by atoms with E-state index in [1.165, 1.54) is 27.8 Å². The summed E-state index contributed by atoms with van der Waals surface area (Å²) in [5, 5.41) is 3.35.